The molecule has 1 nitrogen and oxygen atoms in total. The summed E-state index contributed by atoms with van der Waals surface area (Å²) in [5.74, 6) is 0.962. The van der Waals surface area contributed by atoms with Crippen LogP contribution in [0, 0.1) is 31.1 Å². The van der Waals surface area contributed by atoms with Crippen LogP contribution in [-0.4, -0.2) is 5.11 Å². The number of hydrogen-bond acceptors (Lipinski definition) is 1. The summed E-state index contributed by atoms with van der Waals surface area (Å²) in [6.45, 7) is 11.2. The Morgan fingerprint density at radius 1 is 1.21 bits per heavy atom. The standard InChI is InChI=1S/C18H28O/c1-12-8-9-15(11-14(12)3)17(19)16-13(2)7-6-10-18(16,4)5/h8-9,11,13,16-17,19H,6-7,10H2,1-5H3/t13-,16-,17?/m0/s1. The third-order valence-electron chi connectivity index (χ3n) is 5.21. The van der Waals surface area contributed by atoms with Crippen molar-refractivity contribution in [1.82, 2.24) is 0 Å². The lowest BCUT2D eigenvalue weighted by atomic mass is 9.61. The molecule has 0 bridgehead atoms. The van der Waals surface area contributed by atoms with E-state index in [0.717, 1.165) is 5.56 Å². The van der Waals surface area contributed by atoms with E-state index >= 15 is 0 Å². The normalized spacial score (nSPS) is 28.1. The second-order valence-corrected chi connectivity index (χ2v) is 7.17. The lowest BCUT2D eigenvalue weighted by Crippen LogP contribution is -2.37. The fraction of sp³-hybridized carbons (Fsp3) is 0.667. The van der Waals surface area contributed by atoms with E-state index in [9.17, 15) is 5.11 Å². The largest absolute Gasteiger partial charge is 0.388 e. The summed E-state index contributed by atoms with van der Waals surface area (Å²) in [6.07, 6.45) is 3.44. The van der Waals surface area contributed by atoms with Crippen molar-refractivity contribution >= 4 is 0 Å². The summed E-state index contributed by atoms with van der Waals surface area (Å²) in [5, 5.41) is 10.9. The predicted molar refractivity (Wildman–Crippen MR) is 81.2 cm³/mol. The molecule has 0 spiro atoms. The van der Waals surface area contributed by atoms with Crippen LogP contribution in [0.25, 0.3) is 0 Å². The molecule has 1 N–H and O–H groups in total. The average molecular weight is 260 g/mol. The average Bonchev–Trinajstić information content (AvgIpc) is 2.31. The first-order valence-electron chi connectivity index (χ1n) is 7.58. The van der Waals surface area contributed by atoms with Crippen molar-refractivity contribution in [2.75, 3.05) is 0 Å². The first kappa shape index (κ1) is 14.6. The van der Waals surface area contributed by atoms with Gasteiger partial charge in [0, 0.05) is 0 Å². The maximum absolute atomic E-state index is 10.9. The van der Waals surface area contributed by atoms with E-state index in [1.807, 2.05) is 0 Å². The fourth-order valence-electron chi connectivity index (χ4n) is 3.89. The maximum Gasteiger partial charge on any atom is 0.0825 e. The van der Waals surface area contributed by atoms with Gasteiger partial charge in [0.2, 0.25) is 0 Å². The molecule has 1 aliphatic carbocycles. The van der Waals surface area contributed by atoms with Gasteiger partial charge in [-0.25, -0.2) is 0 Å². The first-order chi connectivity index (χ1) is 8.83. The highest BCUT2D eigenvalue weighted by Crippen LogP contribution is 2.49. The van der Waals surface area contributed by atoms with Crippen molar-refractivity contribution in [3.05, 3.63) is 34.9 Å². The molecule has 1 unspecified atom stereocenters. The summed E-state index contributed by atoms with van der Waals surface area (Å²) in [5.41, 5.74) is 3.90. The molecule has 1 aromatic carbocycles. The molecule has 1 heteroatoms. The van der Waals surface area contributed by atoms with Gasteiger partial charge in [-0.3, -0.25) is 0 Å². The smallest absolute Gasteiger partial charge is 0.0825 e. The molecule has 2 rings (SSSR count). The summed E-state index contributed by atoms with van der Waals surface area (Å²) in [6, 6.07) is 6.40. The second-order valence-electron chi connectivity index (χ2n) is 7.17. The molecule has 1 aliphatic rings. The quantitative estimate of drug-likeness (QED) is 0.810. The molecule has 0 amide bonds. The topological polar surface area (TPSA) is 20.2 Å². The molecule has 3 atom stereocenters. The van der Waals surface area contributed by atoms with Crippen LogP contribution < -0.4 is 0 Å². The van der Waals surface area contributed by atoms with Gasteiger partial charge >= 0.3 is 0 Å². The van der Waals surface area contributed by atoms with Crippen LogP contribution in [0.1, 0.15) is 62.8 Å². The van der Waals surface area contributed by atoms with Crippen molar-refractivity contribution in [2.24, 2.45) is 17.3 Å². The summed E-state index contributed by atoms with van der Waals surface area (Å²) >= 11 is 0. The van der Waals surface area contributed by atoms with Gasteiger partial charge in [-0.05, 0) is 54.2 Å². The summed E-state index contributed by atoms with van der Waals surface area (Å²) < 4.78 is 0. The van der Waals surface area contributed by atoms with Crippen LogP contribution in [0.4, 0.5) is 0 Å². The van der Waals surface area contributed by atoms with Gasteiger partial charge in [0.1, 0.15) is 0 Å². The van der Waals surface area contributed by atoms with E-state index < -0.39 is 0 Å². The highest BCUT2D eigenvalue weighted by atomic mass is 16.3. The van der Waals surface area contributed by atoms with Gasteiger partial charge in [-0.2, -0.15) is 0 Å². The van der Waals surface area contributed by atoms with Crippen LogP contribution in [0.5, 0.6) is 0 Å². The Morgan fingerprint density at radius 3 is 2.47 bits per heavy atom. The number of aliphatic hydroxyl groups is 1. The van der Waals surface area contributed by atoms with Gasteiger partial charge in [0.25, 0.3) is 0 Å². The van der Waals surface area contributed by atoms with Crippen molar-refractivity contribution in [3.8, 4) is 0 Å². The Hall–Kier alpha value is -0.820. The molecular formula is C18H28O. The van der Waals surface area contributed by atoms with Gasteiger partial charge in [0.05, 0.1) is 6.10 Å². The molecule has 106 valence electrons. The van der Waals surface area contributed by atoms with E-state index in [1.54, 1.807) is 0 Å². The number of aliphatic hydroxyl groups excluding tert-OH is 1. The lowest BCUT2D eigenvalue weighted by molar-refractivity contribution is -0.0293. The van der Waals surface area contributed by atoms with Crippen LogP contribution in [0.15, 0.2) is 18.2 Å². The van der Waals surface area contributed by atoms with Gasteiger partial charge in [-0.15, -0.1) is 0 Å². The Kier molecular flexibility index (Phi) is 4.06. The fourth-order valence-corrected chi connectivity index (χ4v) is 3.89. The molecule has 0 aromatic heterocycles. The molecule has 19 heavy (non-hydrogen) atoms. The van der Waals surface area contributed by atoms with Crippen molar-refractivity contribution in [2.45, 2.75) is 60.0 Å². The van der Waals surface area contributed by atoms with Crippen molar-refractivity contribution in [3.63, 3.8) is 0 Å². The number of aryl methyl sites for hydroxylation is 2. The Labute approximate surface area is 118 Å². The van der Waals surface area contributed by atoms with Gasteiger partial charge in [-0.1, -0.05) is 51.8 Å². The molecule has 0 radical (unpaired) electrons. The van der Waals surface area contributed by atoms with Crippen molar-refractivity contribution < 1.29 is 5.11 Å². The second kappa shape index (κ2) is 5.28. The molecule has 1 aromatic rings. The molecule has 0 aliphatic heterocycles. The molecular weight excluding hydrogens is 232 g/mol. The van der Waals surface area contributed by atoms with Crippen LogP contribution >= 0.6 is 0 Å². The van der Waals surface area contributed by atoms with Gasteiger partial charge < -0.3 is 5.11 Å². The lowest BCUT2D eigenvalue weighted by Gasteiger charge is -2.45. The molecule has 0 saturated heterocycles. The van der Waals surface area contributed by atoms with E-state index in [0.29, 0.717) is 11.8 Å². The minimum atomic E-state index is -0.329. The van der Waals surface area contributed by atoms with E-state index in [-0.39, 0.29) is 11.5 Å². The van der Waals surface area contributed by atoms with Crippen LogP contribution in [-0.2, 0) is 0 Å². The molecule has 1 saturated carbocycles. The van der Waals surface area contributed by atoms with Gasteiger partial charge in [0.15, 0.2) is 0 Å². The van der Waals surface area contributed by atoms with E-state index in [4.69, 9.17) is 0 Å². The number of hydrogen-bond donors (Lipinski definition) is 1. The number of benzene rings is 1. The summed E-state index contributed by atoms with van der Waals surface area (Å²) in [4.78, 5) is 0. The highest BCUT2D eigenvalue weighted by Gasteiger charge is 2.41. The van der Waals surface area contributed by atoms with Crippen LogP contribution in [0.2, 0.25) is 0 Å². The molecule has 0 heterocycles. The van der Waals surface area contributed by atoms with Crippen LogP contribution in [0.3, 0.4) is 0 Å². The SMILES string of the molecule is Cc1ccc(C(O)[C@@H]2[C@@H](C)CCCC2(C)C)cc1C. The minimum absolute atomic E-state index is 0.232. The third-order valence-corrected chi connectivity index (χ3v) is 5.21. The zero-order chi connectivity index (χ0) is 14.2. The zero-order valence-corrected chi connectivity index (χ0v) is 13.0. The van der Waals surface area contributed by atoms with Crippen molar-refractivity contribution in [1.29, 1.82) is 0 Å². The first-order valence-corrected chi connectivity index (χ1v) is 7.58. The third kappa shape index (κ3) is 2.86. The predicted octanol–water partition coefficient (Wildman–Crippen LogP) is 4.80. The molecule has 1 fully saturated rings. The number of rotatable bonds is 2. The Balaban J connectivity index is 2.30. The Bertz CT molecular complexity index is 447. The van der Waals surface area contributed by atoms with E-state index in [2.05, 4.69) is 52.8 Å². The highest BCUT2D eigenvalue weighted by molar-refractivity contribution is 5.31. The minimum Gasteiger partial charge on any atom is -0.388 e. The summed E-state index contributed by atoms with van der Waals surface area (Å²) in [7, 11) is 0. The Morgan fingerprint density at radius 2 is 1.89 bits per heavy atom. The maximum atomic E-state index is 10.9. The zero-order valence-electron chi connectivity index (χ0n) is 13.0. The van der Waals surface area contributed by atoms with E-state index in [1.165, 1.54) is 30.4 Å². The monoisotopic (exact) mass is 260 g/mol.